The van der Waals surface area contributed by atoms with Crippen LogP contribution in [0.1, 0.15) is 90.1 Å². The quantitative estimate of drug-likeness (QED) is 0.220. The van der Waals surface area contributed by atoms with Crippen LogP contribution >= 0.6 is 0 Å². The number of piperazine rings is 1. The highest BCUT2D eigenvalue weighted by Gasteiger charge is 2.47. The maximum atomic E-state index is 16.7. The summed E-state index contributed by atoms with van der Waals surface area (Å²) in [5.41, 5.74) is -2.85. The van der Waals surface area contributed by atoms with Gasteiger partial charge in [0.2, 0.25) is 17.8 Å². The molecular formula is C42H50F2N12O5. The van der Waals surface area contributed by atoms with Crippen LogP contribution in [-0.2, 0) is 14.3 Å². The number of piperidine rings is 3. The van der Waals surface area contributed by atoms with E-state index in [0.717, 1.165) is 36.8 Å². The molecule has 3 aromatic heterocycles. The molecular weight excluding hydrogens is 791 g/mol. The summed E-state index contributed by atoms with van der Waals surface area (Å²) in [5.74, 6) is -6.42. The number of anilines is 5. The first-order chi connectivity index (χ1) is 32.5. The third-order valence-electron chi connectivity index (χ3n) is 11.8. The number of rotatable bonds is 10. The number of carbonyl (C=O) groups is 4. The van der Waals surface area contributed by atoms with Crippen molar-refractivity contribution in [2.24, 2.45) is 5.92 Å². The average molecular weight is 849 g/mol. The van der Waals surface area contributed by atoms with Gasteiger partial charge in [0.15, 0.2) is 11.6 Å². The Hall–Kier alpha value is -5.82. The Morgan fingerprint density at radius 1 is 0.918 bits per heavy atom. The molecule has 1 unspecified atom stereocenters. The number of amides is 4. The minimum Gasteiger partial charge on any atom is -0.381 e. The molecule has 17 nitrogen and oxygen atoms in total. The number of nitrogens with one attached hydrogen (secondary N) is 2. The molecule has 4 aromatic rings. The number of halogens is 2. The second kappa shape index (κ2) is 16.6. The van der Waals surface area contributed by atoms with Crippen molar-refractivity contribution in [3.8, 4) is 0 Å². The van der Waals surface area contributed by atoms with Gasteiger partial charge in [-0.05, 0) is 64.0 Å². The van der Waals surface area contributed by atoms with Crippen LogP contribution in [0.2, 0.25) is 0 Å². The molecule has 0 bridgehead atoms. The fourth-order valence-corrected chi connectivity index (χ4v) is 8.52. The van der Waals surface area contributed by atoms with Gasteiger partial charge in [0.1, 0.15) is 29.2 Å². The van der Waals surface area contributed by atoms with Crippen molar-refractivity contribution in [2.45, 2.75) is 70.6 Å². The number of methoxy groups -OCH3 is 1. The zero-order valence-electron chi connectivity index (χ0n) is 41.7. The number of hydrogen-bond acceptors (Lipinski definition) is 14. The molecule has 2 N–H and O–H groups in total. The number of benzene rings is 1. The van der Waals surface area contributed by atoms with E-state index in [1.165, 1.54) is 0 Å². The maximum Gasteiger partial charge on any atom is 0.265 e. The van der Waals surface area contributed by atoms with Gasteiger partial charge >= 0.3 is 0 Å². The molecule has 4 fully saturated rings. The Labute approximate surface area is 362 Å². The lowest BCUT2D eigenvalue weighted by molar-refractivity contribution is -0.136. The second-order valence-corrected chi connectivity index (χ2v) is 16.0. The highest BCUT2D eigenvalue weighted by atomic mass is 19.1. The van der Waals surface area contributed by atoms with Gasteiger partial charge in [-0.25, -0.2) is 18.7 Å². The highest BCUT2D eigenvalue weighted by molar-refractivity contribution is 6.24. The topological polar surface area (TPSA) is 174 Å². The molecule has 1 aromatic carbocycles. The Balaban J connectivity index is 0.924. The molecule has 4 saturated heterocycles. The molecule has 8 heterocycles. The first-order valence-corrected chi connectivity index (χ1v) is 20.3. The predicted molar refractivity (Wildman–Crippen MR) is 222 cm³/mol. The first kappa shape index (κ1) is 32.0. The Kier molecular flexibility index (Phi) is 8.68. The van der Waals surface area contributed by atoms with Crippen LogP contribution in [0.15, 0.2) is 30.6 Å². The van der Waals surface area contributed by atoms with Crippen molar-refractivity contribution in [3.63, 3.8) is 0 Å². The summed E-state index contributed by atoms with van der Waals surface area (Å²) in [7, 11) is 1.72. The molecule has 5 aliphatic heterocycles. The minimum atomic E-state index is -3.73. The molecule has 0 spiro atoms. The first-order valence-electron chi connectivity index (χ1n) is 24.3. The third-order valence-corrected chi connectivity index (χ3v) is 11.8. The number of aromatic nitrogens is 5. The average Bonchev–Trinajstić information content (AvgIpc) is 3.80. The summed E-state index contributed by atoms with van der Waals surface area (Å²) in [5, 5.41) is 11.0. The molecule has 4 amide bonds. The summed E-state index contributed by atoms with van der Waals surface area (Å²) in [6.07, 6.45) is 5.39. The summed E-state index contributed by atoms with van der Waals surface area (Å²) in [6, 6.07) is 2.35. The van der Waals surface area contributed by atoms with E-state index in [1.807, 2.05) is 34.8 Å². The number of carbonyl (C=O) groups excluding carboxylic acids is 4. The van der Waals surface area contributed by atoms with Gasteiger partial charge in [-0.2, -0.15) is 10.1 Å². The van der Waals surface area contributed by atoms with Gasteiger partial charge < -0.3 is 24.8 Å². The van der Waals surface area contributed by atoms with Crippen LogP contribution < -0.4 is 25.3 Å². The van der Waals surface area contributed by atoms with Crippen molar-refractivity contribution in [2.75, 3.05) is 85.8 Å². The van der Waals surface area contributed by atoms with E-state index in [2.05, 4.69) is 20.2 Å². The normalized spacial score (nSPS) is 26.2. The molecule has 1 atom stereocenters. The van der Waals surface area contributed by atoms with Crippen molar-refractivity contribution < 1.29 is 43.7 Å². The molecule has 0 aliphatic carbocycles. The second-order valence-electron chi connectivity index (χ2n) is 16.0. The van der Waals surface area contributed by atoms with Crippen LogP contribution in [0.3, 0.4) is 0 Å². The zero-order valence-corrected chi connectivity index (χ0v) is 33.7. The Morgan fingerprint density at radius 2 is 1.66 bits per heavy atom. The SMILES string of the molecule is [2H]C1([2H])N(CC2CCN(c3nn(C(C)C)c4cc(Nc5ccnc(N6CCC(OC)CC6)n5)ncc34)CC2)C([2H])([2H])C([2H])([2H])N(c2c(F)cc3c(c2F)C(=O)N(C2CCC(=O)NC2=O)C3=O)C1([2H])[2H]. The monoisotopic (exact) mass is 848 g/mol. The fourth-order valence-electron chi connectivity index (χ4n) is 8.52. The molecule has 0 saturated carbocycles. The van der Waals surface area contributed by atoms with E-state index in [-0.39, 0.29) is 29.9 Å². The summed E-state index contributed by atoms with van der Waals surface area (Å²) in [6.45, 7) is -8.70. The molecule has 322 valence electrons. The van der Waals surface area contributed by atoms with E-state index >= 15 is 8.78 Å². The van der Waals surface area contributed by atoms with Gasteiger partial charge in [0, 0.05) is 102 Å². The van der Waals surface area contributed by atoms with Gasteiger partial charge in [-0.15, -0.1) is 0 Å². The maximum absolute atomic E-state index is 16.7. The van der Waals surface area contributed by atoms with Crippen molar-refractivity contribution in [3.05, 3.63) is 53.4 Å². The van der Waals surface area contributed by atoms with Crippen molar-refractivity contribution in [1.82, 2.24) is 39.8 Å². The van der Waals surface area contributed by atoms with Gasteiger partial charge in [0.05, 0.1) is 33.6 Å². The van der Waals surface area contributed by atoms with Crippen molar-refractivity contribution >= 4 is 63.6 Å². The number of hydrogen-bond donors (Lipinski definition) is 2. The van der Waals surface area contributed by atoms with Crippen LogP contribution in [0.5, 0.6) is 0 Å². The van der Waals surface area contributed by atoms with E-state index < -0.39 is 96.6 Å². The number of imide groups is 2. The molecule has 5 aliphatic rings. The molecule has 61 heavy (non-hydrogen) atoms. The summed E-state index contributed by atoms with van der Waals surface area (Å²) < 4.78 is 112. The van der Waals surface area contributed by atoms with E-state index in [9.17, 15) is 19.2 Å². The third kappa shape index (κ3) is 7.73. The molecule has 0 radical (unpaired) electrons. The van der Waals surface area contributed by atoms with E-state index in [0.29, 0.717) is 65.2 Å². The number of ether oxygens (including phenoxy) is 1. The van der Waals surface area contributed by atoms with E-state index in [4.69, 9.17) is 25.8 Å². The predicted octanol–water partition coefficient (Wildman–Crippen LogP) is 3.88. The van der Waals surface area contributed by atoms with Crippen LogP contribution in [-0.4, -0.2) is 136 Å². The Bertz CT molecular complexity index is 2720. The van der Waals surface area contributed by atoms with Gasteiger partial charge in [0.25, 0.3) is 11.8 Å². The fraction of sp³-hybridized carbons (Fsp3) is 0.524. The lowest BCUT2D eigenvalue weighted by Crippen LogP contribution is -2.54. The lowest BCUT2D eigenvalue weighted by atomic mass is 9.95. The standard InChI is InChI=1S/C42H50F2N12O5/c1-24(2)56-31-21-33(47-32-6-11-45-42(48-32)54-14-9-26(61-3)10-15-54)46-22-28(31)38(50-56)53-12-7-25(8-13-53)23-51-16-18-52(19-17-51)37-29(43)20-27-35(36(37)44)41(60)55(40(27)59)30-4-5-34(57)49-39(30)58/h6,11,20-22,24-26,30H,4-5,7-10,12-19,23H2,1-3H3,(H,49,57,58)(H,45,46,47,48)/i16D2,17D2,18D2,19D2. The van der Waals surface area contributed by atoms with E-state index in [1.54, 1.807) is 25.6 Å². The summed E-state index contributed by atoms with van der Waals surface area (Å²) in [4.78, 5) is 69.7. The molecule has 9 rings (SSSR count). The Morgan fingerprint density at radius 3 is 2.36 bits per heavy atom. The minimum absolute atomic E-state index is 0.0582. The van der Waals surface area contributed by atoms with Crippen LogP contribution in [0.25, 0.3) is 10.9 Å². The summed E-state index contributed by atoms with van der Waals surface area (Å²) >= 11 is 0. The number of nitrogens with zero attached hydrogens (tertiary/aromatic N) is 10. The van der Waals surface area contributed by atoms with Gasteiger partial charge in [-0.1, -0.05) is 0 Å². The van der Waals surface area contributed by atoms with Crippen molar-refractivity contribution in [1.29, 1.82) is 0 Å². The smallest absolute Gasteiger partial charge is 0.265 e. The zero-order chi connectivity index (χ0) is 49.7. The lowest BCUT2D eigenvalue weighted by Gasteiger charge is -2.40. The van der Waals surface area contributed by atoms with Crippen LogP contribution in [0, 0.1) is 17.6 Å². The van der Waals surface area contributed by atoms with Crippen LogP contribution in [0.4, 0.5) is 37.9 Å². The largest absolute Gasteiger partial charge is 0.381 e. The van der Waals surface area contributed by atoms with Gasteiger partial charge in [-0.3, -0.25) is 39.0 Å². The highest BCUT2D eigenvalue weighted by Crippen LogP contribution is 2.37. The molecule has 19 heteroatoms. The number of pyridine rings is 1. The number of fused-ring (bicyclic) bond motifs is 2.